The molecule has 7 heteroatoms. The topological polar surface area (TPSA) is 57.6 Å². The fourth-order valence-corrected chi connectivity index (χ4v) is 2.44. The quantitative estimate of drug-likeness (QED) is 0.868. The summed E-state index contributed by atoms with van der Waals surface area (Å²) < 4.78 is 37.8. The largest absolute Gasteiger partial charge is 0.481 e. The van der Waals surface area contributed by atoms with Crippen molar-refractivity contribution < 1.29 is 27.9 Å². The summed E-state index contributed by atoms with van der Waals surface area (Å²) in [6.45, 7) is 0.672. The lowest BCUT2D eigenvalue weighted by Gasteiger charge is -2.29. The van der Waals surface area contributed by atoms with Gasteiger partial charge in [-0.3, -0.25) is 9.59 Å². The second-order valence-electron chi connectivity index (χ2n) is 5.39. The summed E-state index contributed by atoms with van der Waals surface area (Å²) in [5.41, 5.74) is -0.483. The van der Waals surface area contributed by atoms with Crippen LogP contribution in [0.2, 0.25) is 0 Å². The van der Waals surface area contributed by atoms with Crippen LogP contribution in [0.3, 0.4) is 0 Å². The molecule has 124 valence electrons. The first-order chi connectivity index (χ1) is 10.8. The van der Waals surface area contributed by atoms with Gasteiger partial charge in [-0.05, 0) is 36.6 Å². The molecule has 1 saturated heterocycles. The van der Waals surface area contributed by atoms with Crippen LogP contribution in [0.1, 0.15) is 24.0 Å². The van der Waals surface area contributed by atoms with Gasteiger partial charge in [-0.2, -0.15) is 13.2 Å². The van der Waals surface area contributed by atoms with Gasteiger partial charge in [-0.25, -0.2) is 0 Å². The minimum atomic E-state index is -4.42. The summed E-state index contributed by atoms with van der Waals surface area (Å²) in [6, 6.07) is 4.71. The molecule has 0 aromatic heterocycles. The van der Waals surface area contributed by atoms with Crippen LogP contribution in [0, 0.1) is 5.92 Å². The number of carbonyl (C=O) groups is 2. The van der Waals surface area contributed by atoms with Crippen LogP contribution in [0.25, 0.3) is 6.08 Å². The zero-order valence-electron chi connectivity index (χ0n) is 12.2. The Bertz CT molecular complexity index is 617. The van der Waals surface area contributed by atoms with E-state index in [2.05, 4.69) is 0 Å². The van der Waals surface area contributed by atoms with Gasteiger partial charge < -0.3 is 10.0 Å². The molecule has 0 saturated carbocycles. The lowest BCUT2D eigenvalue weighted by molar-refractivity contribution is -0.144. The predicted octanol–water partition coefficient (Wildman–Crippen LogP) is 3.04. The van der Waals surface area contributed by atoms with Crippen LogP contribution in [0.15, 0.2) is 30.3 Å². The van der Waals surface area contributed by atoms with Crippen molar-refractivity contribution in [2.24, 2.45) is 5.92 Å². The third-order valence-corrected chi connectivity index (χ3v) is 3.79. The van der Waals surface area contributed by atoms with Gasteiger partial charge >= 0.3 is 12.1 Å². The van der Waals surface area contributed by atoms with E-state index in [-0.39, 0.29) is 11.5 Å². The maximum absolute atomic E-state index is 12.6. The van der Waals surface area contributed by atoms with Crippen molar-refractivity contribution in [3.63, 3.8) is 0 Å². The number of carboxylic acid groups (broad SMARTS) is 1. The first-order valence-corrected chi connectivity index (χ1v) is 7.14. The van der Waals surface area contributed by atoms with Crippen LogP contribution in [-0.4, -0.2) is 35.0 Å². The van der Waals surface area contributed by atoms with E-state index < -0.39 is 23.6 Å². The SMILES string of the molecule is O=C(O)C1CCN(C(=O)/C=C/c2cccc(C(F)(F)F)c2)CC1. The maximum atomic E-state index is 12.6. The van der Waals surface area contributed by atoms with Crippen molar-refractivity contribution in [3.05, 3.63) is 41.5 Å². The minimum absolute atomic E-state index is 0.286. The number of hydrogen-bond acceptors (Lipinski definition) is 2. The van der Waals surface area contributed by atoms with Gasteiger partial charge in [0.05, 0.1) is 11.5 Å². The fourth-order valence-electron chi connectivity index (χ4n) is 2.44. The number of rotatable bonds is 3. The molecule has 1 heterocycles. The molecule has 1 aliphatic rings. The van der Waals surface area contributed by atoms with E-state index in [0.717, 1.165) is 12.1 Å². The maximum Gasteiger partial charge on any atom is 0.416 e. The minimum Gasteiger partial charge on any atom is -0.481 e. The molecule has 0 unspecified atom stereocenters. The number of halogens is 3. The second kappa shape index (κ2) is 6.85. The van der Waals surface area contributed by atoms with Crippen LogP contribution in [-0.2, 0) is 15.8 Å². The fraction of sp³-hybridized carbons (Fsp3) is 0.375. The standard InChI is InChI=1S/C16H16F3NO3/c17-16(18,19)13-3-1-2-11(10-13)4-5-14(21)20-8-6-12(7-9-20)15(22)23/h1-5,10,12H,6-9H2,(H,22,23)/b5-4+. The van der Waals surface area contributed by atoms with E-state index in [4.69, 9.17) is 5.11 Å². The van der Waals surface area contributed by atoms with Crippen LogP contribution in [0.5, 0.6) is 0 Å². The monoisotopic (exact) mass is 327 g/mol. The van der Waals surface area contributed by atoms with Crippen molar-refractivity contribution in [2.75, 3.05) is 13.1 Å². The Hall–Kier alpha value is -2.31. The summed E-state index contributed by atoms with van der Waals surface area (Å²) in [6.07, 6.45) is -1.10. The molecule has 1 amide bonds. The highest BCUT2D eigenvalue weighted by atomic mass is 19.4. The molecule has 0 bridgehead atoms. The van der Waals surface area contributed by atoms with Gasteiger partial charge in [0.2, 0.25) is 5.91 Å². The molecule has 0 spiro atoms. The number of piperidine rings is 1. The van der Waals surface area contributed by atoms with Crippen molar-refractivity contribution >= 4 is 18.0 Å². The number of amides is 1. The zero-order valence-corrected chi connectivity index (χ0v) is 12.2. The third-order valence-electron chi connectivity index (χ3n) is 3.79. The molecular weight excluding hydrogens is 311 g/mol. The molecule has 1 aliphatic heterocycles. The van der Waals surface area contributed by atoms with Gasteiger partial charge in [0.1, 0.15) is 0 Å². The van der Waals surface area contributed by atoms with E-state index in [1.165, 1.54) is 29.2 Å². The normalized spacial score (nSPS) is 16.7. The number of benzene rings is 1. The Morgan fingerprint density at radius 3 is 2.43 bits per heavy atom. The van der Waals surface area contributed by atoms with E-state index in [1.54, 1.807) is 0 Å². The van der Waals surface area contributed by atoms with Crippen LogP contribution < -0.4 is 0 Å². The Kier molecular flexibility index (Phi) is 5.08. The lowest BCUT2D eigenvalue weighted by atomic mass is 9.97. The van der Waals surface area contributed by atoms with Gasteiger partial charge in [0, 0.05) is 19.2 Å². The average molecular weight is 327 g/mol. The van der Waals surface area contributed by atoms with Crippen molar-refractivity contribution in [1.82, 2.24) is 4.90 Å². The predicted molar refractivity (Wildman–Crippen MR) is 77.4 cm³/mol. The Labute approximate surface area is 131 Å². The highest BCUT2D eigenvalue weighted by Gasteiger charge is 2.30. The first-order valence-electron chi connectivity index (χ1n) is 7.14. The van der Waals surface area contributed by atoms with Gasteiger partial charge in [0.25, 0.3) is 0 Å². The highest BCUT2D eigenvalue weighted by molar-refractivity contribution is 5.92. The Morgan fingerprint density at radius 1 is 1.22 bits per heavy atom. The number of carbonyl (C=O) groups excluding carboxylic acids is 1. The molecule has 1 fully saturated rings. The van der Waals surface area contributed by atoms with Crippen LogP contribution in [0.4, 0.5) is 13.2 Å². The van der Waals surface area contributed by atoms with E-state index in [0.29, 0.717) is 25.9 Å². The molecule has 0 radical (unpaired) electrons. The zero-order chi connectivity index (χ0) is 17.0. The molecule has 0 atom stereocenters. The lowest BCUT2D eigenvalue weighted by Crippen LogP contribution is -2.39. The number of nitrogens with zero attached hydrogens (tertiary/aromatic N) is 1. The van der Waals surface area contributed by atoms with Crippen molar-refractivity contribution in [3.8, 4) is 0 Å². The summed E-state index contributed by atoms with van der Waals surface area (Å²) >= 11 is 0. The highest BCUT2D eigenvalue weighted by Crippen LogP contribution is 2.29. The van der Waals surface area contributed by atoms with E-state index in [1.807, 2.05) is 0 Å². The number of hydrogen-bond donors (Lipinski definition) is 1. The van der Waals surface area contributed by atoms with Gasteiger partial charge in [-0.15, -0.1) is 0 Å². The number of likely N-dealkylation sites (tertiary alicyclic amines) is 1. The molecule has 1 N–H and O–H groups in total. The van der Waals surface area contributed by atoms with E-state index in [9.17, 15) is 22.8 Å². The molecule has 1 aromatic rings. The summed E-state index contributed by atoms with van der Waals surface area (Å²) in [4.78, 5) is 24.3. The number of aliphatic carboxylic acids is 1. The molecule has 0 aliphatic carbocycles. The summed E-state index contributed by atoms with van der Waals surface area (Å²) in [7, 11) is 0. The Balaban J connectivity index is 1.98. The molecular formula is C16H16F3NO3. The summed E-state index contributed by atoms with van der Waals surface area (Å²) in [5, 5.41) is 8.90. The molecule has 23 heavy (non-hydrogen) atoms. The third kappa shape index (κ3) is 4.58. The number of carboxylic acids is 1. The smallest absolute Gasteiger partial charge is 0.416 e. The van der Waals surface area contributed by atoms with Crippen LogP contribution >= 0.6 is 0 Å². The first kappa shape index (κ1) is 17.1. The number of alkyl halides is 3. The van der Waals surface area contributed by atoms with Gasteiger partial charge in [-0.1, -0.05) is 12.1 Å². The van der Waals surface area contributed by atoms with Crippen molar-refractivity contribution in [1.29, 1.82) is 0 Å². The second-order valence-corrected chi connectivity index (χ2v) is 5.39. The van der Waals surface area contributed by atoms with E-state index >= 15 is 0 Å². The molecule has 2 rings (SSSR count). The van der Waals surface area contributed by atoms with Crippen molar-refractivity contribution in [2.45, 2.75) is 19.0 Å². The molecule has 4 nitrogen and oxygen atoms in total. The average Bonchev–Trinajstić information content (AvgIpc) is 2.52. The van der Waals surface area contributed by atoms with Gasteiger partial charge in [0.15, 0.2) is 0 Å². The summed E-state index contributed by atoms with van der Waals surface area (Å²) in [5.74, 6) is -1.63. The molecule has 1 aromatic carbocycles. The Morgan fingerprint density at radius 2 is 1.87 bits per heavy atom.